The number of nitriles is 1. The number of hydrogen-bond acceptors (Lipinski definition) is 7. The zero-order valence-electron chi connectivity index (χ0n) is 21.4. The number of nitrogens with one attached hydrogen (secondary N) is 2. The SMILES string of the molecule is Cc1cc(C2(C#N)CCC2)c(F)c(F)c1Oc1nnc(C(F)(F)F)c(C)c1C(=O)Nc1cccc(S(C)(=N)=O)c1. The van der Waals surface area contributed by atoms with Gasteiger partial charge in [0, 0.05) is 22.4 Å². The van der Waals surface area contributed by atoms with Crippen molar-refractivity contribution in [1.29, 1.82) is 10.0 Å². The number of ether oxygens (including phenoxy) is 1. The molecule has 1 amide bonds. The average molecular weight is 580 g/mol. The molecule has 1 fully saturated rings. The summed E-state index contributed by atoms with van der Waals surface area (Å²) in [5.74, 6) is -5.57. The van der Waals surface area contributed by atoms with Crippen LogP contribution >= 0.6 is 0 Å². The molecule has 40 heavy (non-hydrogen) atoms. The summed E-state index contributed by atoms with van der Waals surface area (Å²) in [4.78, 5) is 13.3. The Kier molecular flexibility index (Phi) is 7.31. The minimum atomic E-state index is -5.01. The second-order valence-corrected chi connectivity index (χ2v) is 11.7. The minimum Gasteiger partial charge on any atom is -0.433 e. The van der Waals surface area contributed by atoms with Crippen molar-refractivity contribution >= 4 is 21.3 Å². The van der Waals surface area contributed by atoms with E-state index in [1.807, 2.05) is 6.07 Å². The van der Waals surface area contributed by atoms with Crippen LogP contribution in [0.3, 0.4) is 0 Å². The lowest BCUT2D eigenvalue weighted by Gasteiger charge is -2.36. The molecule has 1 aliphatic carbocycles. The van der Waals surface area contributed by atoms with Crippen molar-refractivity contribution in [2.75, 3.05) is 11.6 Å². The van der Waals surface area contributed by atoms with Gasteiger partial charge in [-0.25, -0.2) is 13.4 Å². The number of aromatic nitrogens is 2. The zero-order chi connectivity index (χ0) is 29.6. The predicted octanol–water partition coefficient (Wildman–Crippen LogP) is 6.42. The Balaban J connectivity index is 1.80. The summed E-state index contributed by atoms with van der Waals surface area (Å²) in [6.07, 6.45) is -2.53. The van der Waals surface area contributed by atoms with E-state index >= 15 is 8.78 Å². The first-order chi connectivity index (χ1) is 18.6. The van der Waals surface area contributed by atoms with Crippen LogP contribution in [0.4, 0.5) is 27.6 Å². The highest BCUT2D eigenvalue weighted by Gasteiger charge is 2.43. The fourth-order valence-corrected chi connectivity index (χ4v) is 5.09. The lowest BCUT2D eigenvalue weighted by atomic mass is 9.65. The van der Waals surface area contributed by atoms with Gasteiger partial charge in [0.2, 0.25) is 5.82 Å². The number of rotatable bonds is 6. The van der Waals surface area contributed by atoms with E-state index in [2.05, 4.69) is 15.5 Å². The number of nitrogens with zero attached hydrogens (tertiary/aromatic N) is 3. The molecule has 4 rings (SSSR count). The number of amides is 1. The molecule has 3 aromatic rings. The van der Waals surface area contributed by atoms with Crippen molar-refractivity contribution in [3.8, 4) is 17.7 Å². The van der Waals surface area contributed by atoms with Crippen molar-refractivity contribution in [1.82, 2.24) is 10.2 Å². The molecular formula is C26H22F5N5O3S. The molecule has 1 aromatic heterocycles. The molecule has 1 atom stereocenters. The molecule has 1 saturated carbocycles. The van der Waals surface area contributed by atoms with Crippen LogP contribution < -0.4 is 10.1 Å². The van der Waals surface area contributed by atoms with Gasteiger partial charge in [-0.3, -0.25) is 4.79 Å². The standard InChI is InChI=1S/C26H22F5N5O3S/c1-13-10-17(25(12-32)8-5-9-25)19(27)20(28)21(13)39-24-18(14(2)22(35-36-24)26(29,30)31)23(37)34-15-6-4-7-16(11-15)40(3,33)38/h4,6-7,10-11,33H,5,8-9H2,1-3H3,(H,34,37). The molecule has 0 saturated heterocycles. The molecule has 0 aliphatic heterocycles. The van der Waals surface area contributed by atoms with Crippen molar-refractivity contribution in [3.63, 3.8) is 0 Å². The van der Waals surface area contributed by atoms with Crippen LogP contribution in [-0.2, 0) is 21.3 Å². The predicted molar refractivity (Wildman–Crippen MR) is 134 cm³/mol. The summed E-state index contributed by atoms with van der Waals surface area (Å²) >= 11 is 0. The Hall–Kier alpha value is -4.12. The highest BCUT2D eigenvalue weighted by atomic mass is 32.2. The Labute approximate surface area is 226 Å². The van der Waals surface area contributed by atoms with E-state index in [4.69, 9.17) is 9.52 Å². The Bertz CT molecular complexity index is 1680. The van der Waals surface area contributed by atoms with E-state index < -0.39 is 67.3 Å². The maximum atomic E-state index is 15.3. The molecule has 1 unspecified atom stereocenters. The topological polar surface area (TPSA) is 129 Å². The van der Waals surface area contributed by atoms with Gasteiger partial charge in [0.25, 0.3) is 11.8 Å². The third kappa shape index (κ3) is 5.21. The highest BCUT2D eigenvalue weighted by Crippen LogP contribution is 2.46. The van der Waals surface area contributed by atoms with Crippen LogP contribution in [-0.4, -0.2) is 26.6 Å². The normalized spacial score (nSPS) is 15.9. The molecule has 1 heterocycles. The van der Waals surface area contributed by atoms with Gasteiger partial charge in [0.15, 0.2) is 17.3 Å². The van der Waals surface area contributed by atoms with Gasteiger partial charge < -0.3 is 10.1 Å². The van der Waals surface area contributed by atoms with Gasteiger partial charge in [-0.2, -0.15) is 22.8 Å². The van der Waals surface area contributed by atoms with Crippen LogP contribution in [0.2, 0.25) is 0 Å². The fourth-order valence-electron chi connectivity index (χ4n) is 4.40. The van der Waals surface area contributed by atoms with Gasteiger partial charge >= 0.3 is 6.18 Å². The Morgan fingerprint density at radius 2 is 1.85 bits per heavy atom. The molecule has 2 aromatic carbocycles. The summed E-state index contributed by atoms with van der Waals surface area (Å²) in [5, 5.41) is 18.4. The molecule has 0 radical (unpaired) electrons. The van der Waals surface area contributed by atoms with Gasteiger partial charge in [-0.1, -0.05) is 6.07 Å². The third-order valence-electron chi connectivity index (χ3n) is 6.71. The number of halogens is 5. The first-order valence-electron chi connectivity index (χ1n) is 11.8. The number of anilines is 1. The first-order valence-corrected chi connectivity index (χ1v) is 13.7. The molecule has 14 heteroatoms. The Morgan fingerprint density at radius 1 is 1.18 bits per heavy atom. The third-order valence-corrected chi connectivity index (χ3v) is 7.86. The quantitative estimate of drug-likeness (QED) is 0.325. The summed E-state index contributed by atoms with van der Waals surface area (Å²) in [5.41, 5.74) is -4.29. The van der Waals surface area contributed by atoms with E-state index in [9.17, 15) is 27.4 Å². The summed E-state index contributed by atoms with van der Waals surface area (Å²) in [6.45, 7) is 2.29. The van der Waals surface area contributed by atoms with E-state index in [0.29, 0.717) is 19.3 Å². The van der Waals surface area contributed by atoms with Crippen LogP contribution in [0, 0.1) is 41.6 Å². The summed E-state index contributed by atoms with van der Waals surface area (Å²) in [7, 11) is -3.18. The number of hydrogen-bond donors (Lipinski definition) is 2. The molecule has 210 valence electrons. The van der Waals surface area contributed by atoms with Crippen molar-refractivity contribution in [2.24, 2.45) is 0 Å². The van der Waals surface area contributed by atoms with Gasteiger partial charge in [0.05, 0.1) is 21.2 Å². The van der Waals surface area contributed by atoms with E-state index in [-0.39, 0.29) is 21.7 Å². The van der Waals surface area contributed by atoms with Gasteiger partial charge in [0.1, 0.15) is 5.56 Å². The minimum absolute atomic E-state index is 0.0000966. The van der Waals surface area contributed by atoms with Gasteiger partial charge in [-0.15, -0.1) is 10.2 Å². The number of carbonyl (C=O) groups is 1. The van der Waals surface area contributed by atoms with Gasteiger partial charge in [-0.05, 0) is 68.5 Å². The Morgan fingerprint density at radius 3 is 2.40 bits per heavy atom. The van der Waals surface area contributed by atoms with Crippen LogP contribution in [0.1, 0.15) is 52.0 Å². The highest BCUT2D eigenvalue weighted by molar-refractivity contribution is 7.91. The number of aryl methyl sites for hydroxylation is 1. The molecule has 1 aliphatic rings. The maximum Gasteiger partial charge on any atom is 0.435 e. The number of benzene rings is 2. The second-order valence-electron chi connectivity index (χ2n) is 9.52. The lowest BCUT2D eigenvalue weighted by Crippen LogP contribution is -2.33. The van der Waals surface area contributed by atoms with E-state index in [1.165, 1.54) is 37.3 Å². The lowest BCUT2D eigenvalue weighted by molar-refractivity contribution is -0.142. The monoisotopic (exact) mass is 579 g/mol. The molecule has 2 N–H and O–H groups in total. The van der Waals surface area contributed by atoms with Crippen molar-refractivity contribution in [3.05, 3.63) is 69.9 Å². The molecular weight excluding hydrogens is 557 g/mol. The van der Waals surface area contributed by atoms with Crippen LogP contribution in [0.25, 0.3) is 0 Å². The molecule has 0 spiro atoms. The zero-order valence-corrected chi connectivity index (χ0v) is 22.2. The van der Waals surface area contributed by atoms with Crippen molar-refractivity contribution < 1.29 is 35.7 Å². The average Bonchev–Trinajstić information content (AvgIpc) is 2.83. The largest absolute Gasteiger partial charge is 0.435 e. The van der Waals surface area contributed by atoms with Crippen LogP contribution in [0.5, 0.6) is 11.6 Å². The molecule has 8 nitrogen and oxygen atoms in total. The summed E-state index contributed by atoms with van der Waals surface area (Å²) < 4.78 is 96.4. The number of carbonyl (C=O) groups excluding carboxylic acids is 1. The first kappa shape index (κ1) is 28.9. The van der Waals surface area contributed by atoms with Crippen LogP contribution in [0.15, 0.2) is 35.2 Å². The second kappa shape index (κ2) is 10.1. The fraction of sp³-hybridized carbons (Fsp3) is 0.308. The summed E-state index contributed by atoms with van der Waals surface area (Å²) in [6, 6.07) is 8.59. The maximum absolute atomic E-state index is 15.3. The smallest absolute Gasteiger partial charge is 0.433 e. The number of alkyl halides is 3. The van der Waals surface area contributed by atoms with E-state index in [0.717, 1.165) is 13.2 Å². The molecule has 0 bridgehead atoms. The van der Waals surface area contributed by atoms with Crippen molar-refractivity contribution in [2.45, 2.75) is 49.6 Å². The van der Waals surface area contributed by atoms with E-state index in [1.54, 1.807) is 0 Å².